The first-order valence-corrected chi connectivity index (χ1v) is 7.16. The van der Waals surface area contributed by atoms with Gasteiger partial charge in [-0.05, 0) is 17.7 Å². The molecule has 0 atom stereocenters. The van der Waals surface area contributed by atoms with Crippen LogP contribution in [-0.2, 0) is 9.53 Å². The molecule has 1 aromatic rings. The van der Waals surface area contributed by atoms with Gasteiger partial charge in [0.1, 0.15) is 13.1 Å². The molecule has 1 saturated heterocycles. The summed E-state index contributed by atoms with van der Waals surface area (Å²) in [5.74, 6) is -0.0620. The summed E-state index contributed by atoms with van der Waals surface area (Å²) in [7, 11) is 3.99. The highest BCUT2D eigenvalue weighted by atomic mass is 16.5. The third-order valence-corrected chi connectivity index (χ3v) is 3.42. The molecule has 21 heavy (non-hydrogen) atoms. The summed E-state index contributed by atoms with van der Waals surface area (Å²) >= 11 is 0. The van der Waals surface area contributed by atoms with E-state index in [9.17, 15) is 4.79 Å². The second kappa shape index (κ2) is 7.75. The number of quaternary nitrogens is 1. The quantitative estimate of drug-likeness (QED) is 0.547. The average molecular weight is 291 g/mol. The Balaban J connectivity index is 1.77. The zero-order chi connectivity index (χ0) is 15.1. The summed E-state index contributed by atoms with van der Waals surface area (Å²) in [4.78, 5) is 15.0. The topological polar surface area (TPSA) is 58.4 Å². The molecule has 0 radical (unpaired) electrons. The van der Waals surface area contributed by atoms with E-state index in [-0.39, 0.29) is 5.91 Å². The summed E-state index contributed by atoms with van der Waals surface area (Å²) in [6, 6.07) is 7.97. The van der Waals surface area contributed by atoms with Crippen molar-refractivity contribution in [1.29, 1.82) is 0 Å². The van der Waals surface area contributed by atoms with Gasteiger partial charge < -0.3 is 14.5 Å². The van der Waals surface area contributed by atoms with Crippen molar-refractivity contribution in [2.75, 3.05) is 51.8 Å². The van der Waals surface area contributed by atoms with Crippen LogP contribution in [0.25, 0.3) is 0 Å². The first-order valence-electron chi connectivity index (χ1n) is 7.16. The molecule has 1 fully saturated rings. The fourth-order valence-corrected chi connectivity index (χ4v) is 2.14. The molecule has 1 heterocycles. The normalized spacial score (nSPS) is 16.1. The predicted molar refractivity (Wildman–Crippen MR) is 82.9 cm³/mol. The summed E-state index contributed by atoms with van der Waals surface area (Å²) in [5.41, 5.74) is 4.66. The Morgan fingerprint density at radius 1 is 1.33 bits per heavy atom. The number of morpholine rings is 1. The molecule has 0 bridgehead atoms. The molecule has 0 spiro atoms. The number of nitrogens with one attached hydrogen (secondary N) is 2. The number of nitrogens with zero attached hydrogens (tertiary/aromatic N) is 2. The SMILES string of the molecule is CN(C)c1ccc(/C=N\NC(=O)C[NH+]2CCOCC2)cc1. The van der Waals surface area contributed by atoms with E-state index in [1.54, 1.807) is 6.21 Å². The Morgan fingerprint density at radius 2 is 2.00 bits per heavy atom. The Hall–Kier alpha value is -1.92. The van der Waals surface area contributed by atoms with Gasteiger partial charge >= 0.3 is 0 Å². The lowest BCUT2D eigenvalue weighted by Crippen LogP contribution is -3.15. The second-order valence-electron chi connectivity index (χ2n) is 5.32. The van der Waals surface area contributed by atoms with Gasteiger partial charge in [0, 0.05) is 19.8 Å². The highest BCUT2D eigenvalue weighted by molar-refractivity contribution is 5.83. The van der Waals surface area contributed by atoms with E-state index in [1.165, 1.54) is 4.90 Å². The molecule has 0 saturated carbocycles. The Labute approximate surface area is 125 Å². The highest BCUT2D eigenvalue weighted by Gasteiger charge is 2.16. The number of rotatable bonds is 5. The van der Waals surface area contributed by atoms with Crippen LogP contribution in [-0.4, -0.2) is 59.1 Å². The summed E-state index contributed by atoms with van der Waals surface area (Å²) in [6.45, 7) is 3.65. The average Bonchev–Trinajstić information content (AvgIpc) is 2.49. The van der Waals surface area contributed by atoms with Crippen molar-refractivity contribution in [1.82, 2.24) is 5.43 Å². The molecule has 0 unspecified atom stereocenters. The van der Waals surface area contributed by atoms with Crippen molar-refractivity contribution < 1.29 is 14.4 Å². The third kappa shape index (κ3) is 5.17. The molecule has 6 heteroatoms. The van der Waals surface area contributed by atoms with Crippen molar-refractivity contribution in [3.8, 4) is 0 Å². The maximum Gasteiger partial charge on any atom is 0.295 e. The molecular formula is C15H23N4O2+. The molecule has 1 aliphatic rings. The minimum Gasteiger partial charge on any atom is -0.378 e. The molecule has 1 aromatic carbocycles. The van der Waals surface area contributed by atoms with Crippen LogP contribution in [0.1, 0.15) is 5.56 Å². The van der Waals surface area contributed by atoms with Crippen molar-refractivity contribution in [3.05, 3.63) is 29.8 Å². The van der Waals surface area contributed by atoms with Crippen LogP contribution in [0.3, 0.4) is 0 Å². The van der Waals surface area contributed by atoms with Gasteiger partial charge in [-0.2, -0.15) is 5.10 Å². The van der Waals surface area contributed by atoms with Crippen LogP contribution in [0.15, 0.2) is 29.4 Å². The van der Waals surface area contributed by atoms with E-state index in [0.29, 0.717) is 6.54 Å². The molecule has 2 N–H and O–H groups in total. The van der Waals surface area contributed by atoms with Crippen molar-refractivity contribution in [3.63, 3.8) is 0 Å². The summed E-state index contributed by atoms with van der Waals surface area (Å²) < 4.78 is 5.26. The standard InChI is InChI=1S/C15H22N4O2/c1-18(2)14-5-3-13(4-6-14)11-16-17-15(20)12-19-7-9-21-10-8-19/h3-6,11H,7-10,12H2,1-2H3,(H,17,20)/p+1/b16-11-. The fourth-order valence-electron chi connectivity index (χ4n) is 2.14. The second-order valence-corrected chi connectivity index (χ2v) is 5.32. The first kappa shape index (κ1) is 15.5. The minimum absolute atomic E-state index is 0.0620. The van der Waals surface area contributed by atoms with Gasteiger partial charge in [-0.1, -0.05) is 12.1 Å². The molecule has 2 rings (SSSR count). The number of ether oxygens (including phenoxy) is 1. The van der Waals surface area contributed by atoms with E-state index in [2.05, 4.69) is 10.5 Å². The zero-order valence-electron chi connectivity index (χ0n) is 12.6. The van der Waals surface area contributed by atoms with Crippen LogP contribution >= 0.6 is 0 Å². The van der Waals surface area contributed by atoms with Gasteiger partial charge in [0.2, 0.25) is 0 Å². The Bertz CT molecular complexity index is 479. The van der Waals surface area contributed by atoms with Crippen LogP contribution in [0.5, 0.6) is 0 Å². The van der Waals surface area contributed by atoms with E-state index in [0.717, 1.165) is 37.6 Å². The highest BCUT2D eigenvalue weighted by Crippen LogP contribution is 2.10. The van der Waals surface area contributed by atoms with Crippen molar-refractivity contribution >= 4 is 17.8 Å². The largest absolute Gasteiger partial charge is 0.378 e. The first-order chi connectivity index (χ1) is 10.1. The van der Waals surface area contributed by atoms with E-state index in [4.69, 9.17) is 4.74 Å². The fraction of sp³-hybridized carbons (Fsp3) is 0.467. The van der Waals surface area contributed by atoms with Gasteiger partial charge in [-0.25, -0.2) is 5.43 Å². The number of hydrogen-bond acceptors (Lipinski definition) is 4. The van der Waals surface area contributed by atoms with Crippen LogP contribution in [0.2, 0.25) is 0 Å². The van der Waals surface area contributed by atoms with E-state index >= 15 is 0 Å². The van der Waals surface area contributed by atoms with E-state index in [1.807, 2.05) is 43.3 Å². The van der Waals surface area contributed by atoms with E-state index < -0.39 is 0 Å². The smallest absolute Gasteiger partial charge is 0.295 e. The van der Waals surface area contributed by atoms with Crippen LogP contribution < -0.4 is 15.2 Å². The van der Waals surface area contributed by atoms with Gasteiger partial charge in [0.25, 0.3) is 5.91 Å². The lowest BCUT2D eigenvalue weighted by Gasteiger charge is -2.22. The molecule has 1 amide bonds. The van der Waals surface area contributed by atoms with Crippen LogP contribution in [0.4, 0.5) is 5.69 Å². The summed E-state index contributed by atoms with van der Waals surface area (Å²) in [6.07, 6.45) is 1.66. The Morgan fingerprint density at radius 3 is 2.62 bits per heavy atom. The molecule has 1 aliphatic heterocycles. The maximum absolute atomic E-state index is 11.8. The number of carbonyl (C=O) groups excluding carboxylic acids is 1. The summed E-state index contributed by atoms with van der Waals surface area (Å²) in [5, 5.41) is 4.00. The number of amides is 1. The minimum atomic E-state index is -0.0620. The Kier molecular flexibility index (Phi) is 5.71. The number of hydrazone groups is 1. The molecule has 114 valence electrons. The number of carbonyl (C=O) groups is 1. The van der Waals surface area contributed by atoms with Crippen molar-refractivity contribution in [2.45, 2.75) is 0 Å². The lowest BCUT2D eigenvalue weighted by atomic mass is 10.2. The molecule has 0 aromatic heterocycles. The zero-order valence-corrected chi connectivity index (χ0v) is 12.6. The molecular weight excluding hydrogens is 268 g/mol. The molecule has 0 aliphatic carbocycles. The monoisotopic (exact) mass is 291 g/mol. The van der Waals surface area contributed by atoms with Gasteiger partial charge in [-0.15, -0.1) is 0 Å². The van der Waals surface area contributed by atoms with Gasteiger partial charge in [-0.3, -0.25) is 4.79 Å². The predicted octanol–water partition coefficient (Wildman–Crippen LogP) is -0.882. The lowest BCUT2D eigenvalue weighted by molar-refractivity contribution is -0.900. The maximum atomic E-state index is 11.8. The third-order valence-electron chi connectivity index (χ3n) is 3.42. The number of benzene rings is 1. The number of hydrogen-bond donors (Lipinski definition) is 2. The van der Waals surface area contributed by atoms with Gasteiger partial charge in [0.05, 0.1) is 19.4 Å². The van der Waals surface area contributed by atoms with Crippen molar-refractivity contribution in [2.24, 2.45) is 5.10 Å². The van der Waals surface area contributed by atoms with Crippen LogP contribution in [0, 0.1) is 0 Å². The number of anilines is 1. The van der Waals surface area contributed by atoms with Gasteiger partial charge in [0.15, 0.2) is 6.54 Å². The molecule has 6 nitrogen and oxygen atoms in total.